The highest BCUT2D eigenvalue weighted by atomic mass is 32.2. The molecule has 1 saturated carbocycles. The Morgan fingerprint density at radius 1 is 1.36 bits per heavy atom. The molecule has 3 N–H and O–H groups in total. The minimum atomic E-state index is -3.50. The molecule has 82 valence electrons. The van der Waals surface area contributed by atoms with Crippen molar-refractivity contribution in [2.75, 3.05) is 13.1 Å². The van der Waals surface area contributed by atoms with Gasteiger partial charge in [-0.05, 0) is 12.8 Å². The molecule has 0 unspecified atom stereocenters. The number of carbonyl (C=O) groups excluding carboxylic acids is 1. The highest BCUT2D eigenvalue weighted by molar-refractivity contribution is 7.87. The number of hydrogen-bond acceptors (Lipinski definition) is 3. The molecule has 1 fully saturated rings. The van der Waals surface area contributed by atoms with Gasteiger partial charge in [0, 0.05) is 12.6 Å². The molecule has 1 aliphatic rings. The van der Waals surface area contributed by atoms with Gasteiger partial charge in [0.2, 0.25) is 5.91 Å². The highest BCUT2D eigenvalue weighted by Gasteiger charge is 2.23. The average molecular weight is 221 g/mol. The van der Waals surface area contributed by atoms with Gasteiger partial charge >= 0.3 is 0 Å². The molecule has 6 nitrogen and oxygen atoms in total. The first-order chi connectivity index (χ1) is 6.53. The Labute approximate surface area is 83.6 Å². The van der Waals surface area contributed by atoms with Crippen LogP contribution in [0, 0.1) is 0 Å². The molecular weight excluding hydrogens is 206 g/mol. The van der Waals surface area contributed by atoms with E-state index in [1.165, 1.54) is 0 Å². The molecule has 0 spiro atoms. The summed E-state index contributed by atoms with van der Waals surface area (Å²) in [6.07, 6.45) is 1.98. The van der Waals surface area contributed by atoms with Gasteiger partial charge in [0.15, 0.2) is 0 Å². The van der Waals surface area contributed by atoms with Crippen molar-refractivity contribution in [2.24, 2.45) is 0 Å². The molecule has 0 aromatic rings. The van der Waals surface area contributed by atoms with E-state index in [4.69, 9.17) is 0 Å². The fourth-order valence-corrected chi connectivity index (χ4v) is 1.71. The second-order valence-electron chi connectivity index (χ2n) is 3.16. The molecule has 0 saturated heterocycles. The Kier molecular flexibility index (Phi) is 3.85. The zero-order valence-corrected chi connectivity index (χ0v) is 8.86. The summed E-state index contributed by atoms with van der Waals surface area (Å²) >= 11 is 0. The number of nitrogens with one attached hydrogen (secondary N) is 3. The standard InChI is InChI=1S/C7H15N3O3S/c1-2-8-14(12,13)9-5-7(11)10-6-3-4-6/h6,8-9H,2-5H2,1H3,(H,10,11). The van der Waals surface area contributed by atoms with Crippen LogP contribution in [0.15, 0.2) is 0 Å². The summed E-state index contributed by atoms with van der Waals surface area (Å²) in [7, 11) is -3.50. The lowest BCUT2D eigenvalue weighted by Crippen LogP contribution is -2.42. The second-order valence-corrected chi connectivity index (χ2v) is 4.75. The first kappa shape index (κ1) is 11.4. The normalized spacial score (nSPS) is 16.6. The van der Waals surface area contributed by atoms with Crippen molar-refractivity contribution in [2.45, 2.75) is 25.8 Å². The van der Waals surface area contributed by atoms with Crippen molar-refractivity contribution >= 4 is 16.1 Å². The molecule has 0 aliphatic heterocycles. The molecule has 0 atom stereocenters. The number of carbonyl (C=O) groups is 1. The Bertz CT molecular complexity index is 297. The van der Waals surface area contributed by atoms with Gasteiger partial charge in [0.1, 0.15) is 0 Å². The average Bonchev–Trinajstić information content (AvgIpc) is 2.85. The molecule has 7 heteroatoms. The van der Waals surface area contributed by atoms with Crippen LogP contribution in [-0.4, -0.2) is 33.5 Å². The van der Waals surface area contributed by atoms with Gasteiger partial charge in [-0.1, -0.05) is 6.92 Å². The van der Waals surface area contributed by atoms with E-state index in [0.717, 1.165) is 12.8 Å². The van der Waals surface area contributed by atoms with E-state index < -0.39 is 10.2 Å². The predicted molar refractivity (Wildman–Crippen MR) is 51.8 cm³/mol. The Balaban J connectivity index is 2.20. The molecular formula is C7H15N3O3S. The fraction of sp³-hybridized carbons (Fsp3) is 0.857. The van der Waals surface area contributed by atoms with Crippen molar-refractivity contribution in [1.82, 2.24) is 14.8 Å². The quantitative estimate of drug-likeness (QED) is 0.521. The third kappa shape index (κ3) is 4.54. The number of rotatable bonds is 6. The van der Waals surface area contributed by atoms with Gasteiger partial charge in [-0.2, -0.15) is 13.1 Å². The minimum absolute atomic E-state index is 0.203. The van der Waals surface area contributed by atoms with Crippen LogP contribution >= 0.6 is 0 Å². The topological polar surface area (TPSA) is 87.3 Å². The molecule has 0 heterocycles. The zero-order chi connectivity index (χ0) is 10.6. The van der Waals surface area contributed by atoms with Gasteiger partial charge < -0.3 is 5.32 Å². The predicted octanol–water partition coefficient (Wildman–Crippen LogP) is -1.29. The smallest absolute Gasteiger partial charge is 0.277 e. The summed E-state index contributed by atoms with van der Waals surface area (Å²) < 4.78 is 26.4. The van der Waals surface area contributed by atoms with Crippen LogP contribution < -0.4 is 14.8 Å². The number of amides is 1. The summed E-state index contributed by atoms with van der Waals surface area (Å²) in [5.74, 6) is -0.283. The molecule has 0 aromatic carbocycles. The van der Waals surface area contributed by atoms with Gasteiger partial charge in [-0.15, -0.1) is 0 Å². The van der Waals surface area contributed by atoms with E-state index in [9.17, 15) is 13.2 Å². The maximum absolute atomic E-state index is 11.1. The summed E-state index contributed by atoms with van der Waals surface area (Å²) in [4.78, 5) is 11.1. The summed E-state index contributed by atoms with van der Waals surface area (Å²) in [5, 5.41) is 2.67. The molecule has 0 aromatic heterocycles. The highest BCUT2D eigenvalue weighted by Crippen LogP contribution is 2.18. The third-order valence-electron chi connectivity index (χ3n) is 1.70. The molecule has 1 aliphatic carbocycles. The van der Waals surface area contributed by atoms with E-state index >= 15 is 0 Å². The van der Waals surface area contributed by atoms with Crippen molar-refractivity contribution in [3.8, 4) is 0 Å². The lowest BCUT2D eigenvalue weighted by Gasteiger charge is -2.06. The maximum atomic E-state index is 11.1. The lowest BCUT2D eigenvalue weighted by atomic mass is 10.5. The molecule has 14 heavy (non-hydrogen) atoms. The largest absolute Gasteiger partial charge is 0.352 e. The summed E-state index contributed by atoms with van der Waals surface area (Å²) in [5.41, 5.74) is 0. The minimum Gasteiger partial charge on any atom is -0.352 e. The first-order valence-corrected chi connectivity index (χ1v) is 6.05. The van der Waals surface area contributed by atoms with E-state index in [1.807, 2.05) is 0 Å². The van der Waals surface area contributed by atoms with Gasteiger partial charge in [0.05, 0.1) is 6.54 Å². The number of hydrogen-bond donors (Lipinski definition) is 3. The fourth-order valence-electron chi connectivity index (χ4n) is 0.908. The van der Waals surface area contributed by atoms with Crippen molar-refractivity contribution in [3.05, 3.63) is 0 Å². The van der Waals surface area contributed by atoms with E-state index in [1.54, 1.807) is 6.92 Å². The van der Waals surface area contributed by atoms with Crippen LogP contribution in [0.3, 0.4) is 0 Å². The lowest BCUT2D eigenvalue weighted by molar-refractivity contribution is -0.120. The van der Waals surface area contributed by atoms with E-state index in [-0.39, 0.29) is 18.5 Å². The van der Waals surface area contributed by atoms with Crippen LogP contribution in [0.2, 0.25) is 0 Å². The third-order valence-corrected chi connectivity index (χ3v) is 2.89. The van der Waals surface area contributed by atoms with Crippen LogP contribution in [-0.2, 0) is 15.0 Å². The van der Waals surface area contributed by atoms with Crippen LogP contribution in [0.4, 0.5) is 0 Å². The van der Waals surface area contributed by atoms with Gasteiger partial charge in [-0.3, -0.25) is 4.79 Å². The molecule has 1 amide bonds. The SMILES string of the molecule is CCNS(=O)(=O)NCC(=O)NC1CC1. The van der Waals surface area contributed by atoms with Crippen LogP contribution in [0.5, 0.6) is 0 Å². The second kappa shape index (κ2) is 4.72. The van der Waals surface area contributed by atoms with Crippen LogP contribution in [0.1, 0.15) is 19.8 Å². The van der Waals surface area contributed by atoms with Crippen molar-refractivity contribution < 1.29 is 13.2 Å². The van der Waals surface area contributed by atoms with Gasteiger partial charge in [0.25, 0.3) is 10.2 Å². The monoisotopic (exact) mass is 221 g/mol. The summed E-state index contributed by atoms with van der Waals surface area (Å²) in [6, 6.07) is 0.256. The van der Waals surface area contributed by atoms with E-state index in [0.29, 0.717) is 6.54 Å². The molecule has 0 bridgehead atoms. The van der Waals surface area contributed by atoms with E-state index in [2.05, 4.69) is 14.8 Å². The Morgan fingerprint density at radius 2 is 2.00 bits per heavy atom. The molecule has 1 rings (SSSR count). The first-order valence-electron chi connectivity index (χ1n) is 4.57. The van der Waals surface area contributed by atoms with Crippen LogP contribution in [0.25, 0.3) is 0 Å². The molecule has 0 radical (unpaired) electrons. The van der Waals surface area contributed by atoms with Gasteiger partial charge in [-0.25, -0.2) is 4.72 Å². The zero-order valence-electron chi connectivity index (χ0n) is 8.04. The van der Waals surface area contributed by atoms with Crippen molar-refractivity contribution in [3.63, 3.8) is 0 Å². The Hall–Kier alpha value is -0.660. The Morgan fingerprint density at radius 3 is 2.50 bits per heavy atom. The van der Waals surface area contributed by atoms with Crippen molar-refractivity contribution in [1.29, 1.82) is 0 Å². The maximum Gasteiger partial charge on any atom is 0.277 e. The summed E-state index contributed by atoms with van der Waals surface area (Å²) in [6.45, 7) is 1.77.